The highest BCUT2D eigenvalue weighted by Crippen LogP contribution is 2.42. The van der Waals surface area contributed by atoms with Gasteiger partial charge in [0, 0.05) is 17.7 Å². The average Bonchev–Trinajstić information content (AvgIpc) is 3.33. The second-order valence-corrected chi connectivity index (χ2v) is 10.3. The molecule has 1 heterocycles. The molecule has 0 aromatic heterocycles. The molecule has 38 heavy (non-hydrogen) atoms. The zero-order chi connectivity index (χ0) is 25.9. The van der Waals surface area contributed by atoms with Gasteiger partial charge in [-0.3, -0.25) is 4.79 Å². The number of amides is 1. The number of hydrazine groups is 1. The molecular weight excluding hydrogens is 475 g/mol. The van der Waals surface area contributed by atoms with Gasteiger partial charge in [-0.1, -0.05) is 67.1 Å². The van der Waals surface area contributed by atoms with Gasteiger partial charge in [0.05, 0.1) is 17.8 Å². The van der Waals surface area contributed by atoms with E-state index in [0.29, 0.717) is 17.4 Å². The van der Waals surface area contributed by atoms with Gasteiger partial charge in [0.15, 0.2) is 0 Å². The Bertz CT molecular complexity index is 1430. The number of hydrogen-bond acceptors (Lipinski definition) is 4. The number of fused-ring (bicyclic) bond motifs is 2. The van der Waals surface area contributed by atoms with Crippen LogP contribution in [0.4, 0.5) is 10.1 Å². The minimum Gasteiger partial charge on any atom is -0.304 e. The summed E-state index contributed by atoms with van der Waals surface area (Å²) in [6.07, 6.45) is 6.11. The fourth-order valence-corrected chi connectivity index (χ4v) is 6.24. The predicted octanol–water partition coefficient (Wildman–Crippen LogP) is 6.12. The van der Waals surface area contributed by atoms with E-state index in [1.165, 1.54) is 28.5 Å². The molecule has 4 aromatic carbocycles. The highest BCUT2D eigenvalue weighted by atomic mass is 19.1. The molecule has 1 saturated heterocycles. The van der Waals surface area contributed by atoms with Gasteiger partial charge in [-0.05, 0) is 77.9 Å². The third-order valence-corrected chi connectivity index (χ3v) is 7.99. The molecule has 0 radical (unpaired) electrons. The number of hydrogen-bond donors (Lipinski definition) is 2. The quantitative estimate of drug-likeness (QED) is 0.245. The second-order valence-electron chi connectivity index (χ2n) is 10.3. The van der Waals surface area contributed by atoms with Gasteiger partial charge in [-0.25, -0.2) is 15.2 Å². The number of nitrogens with zero attached hydrogens (tertiary/aromatic N) is 2. The van der Waals surface area contributed by atoms with Crippen molar-refractivity contribution in [2.45, 2.75) is 37.8 Å². The lowest BCUT2D eigenvalue weighted by atomic mass is 9.72. The highest BCUT2D eigenvalue weighted by Gasteiger charge is 2.47. The van der Waals surface area contributed by atoms with E-state index in [0.717, 1.165) is 31.4 Å². The molecule has 5 nitrogen and oxygen atoms in total. The lowest BCUT2D eigenvalue weighted by Gasteiger charge is -2.39. The first-order valence-electron chi connectivity index (χ1n) is 13.3. The summed E-state index contributed by atoms with van der Waals surface area (Å²) in [5.41, 5.74) is 9.20. The van der Waals surface area contributed by atoms with Gasteiger partial charge in [0.2, 0.25) is 0 Å². The molecular formula is C32H31FN4O. The van der Waals surface area contributed by atoms with Crippen molar-refractivity contribution in [3.8, 4) is 0 Å². The Morgan fingerprint density at radius 3 is 2.55 bits per heavy atom. The number of anilines is 1. The van der Waals surface area contributed by atoms with Crippen molar-refractivity contribution in [3.05, 3.63) is 114 Å². The molecule has 6 heteroatoms. The maximum atomic E-state index is 13.8. The number of carbonyl (C=O) groups excluding carboxylic acids is 1. The van der Waals surface area contributed by atoms with E-state index in [1.54, 1.807) is 12.1 Å². The summed E-state index contributed by atoms with van der Waals surface area (Å²) in [4.78, 5) is 12.5. The van der Waals surface area contributed by atoms with Crippen molar-refractivity contribution < 1.29 is 9.18 Å². The Labute approximate surface area is 222 Å². The fourth-order valence-electron chi connectivity index (χ4n) is 6.24. The Hall–Kier alpha value is -4.03. The van der Waals surface area contributed by atoms with Crippen molar-refractivity contribution >= 4 is 28.6 Å². The van der Waals surface area contributed by atoms with Crippen LogP contribution in [-0.2, 0) is 6.42 Å². The standard InChI is InChI=1S/C32H31FN4O/c33-26-16-18-27(19-17-26)37-31-25(20-24-12-6-11-22-8-4-5-14-28(22)24)13-7-15-29(31)30(36-37)21-34-35-32(38)23-9-2-1-3-10-23/h1-6,8-12,14,16-19,21,25,29-31,36H,7,13,15,20H2,(H,35,38)/b34-21+. The van der Waals surface area contributed by atoms with E-state index < -0.39 is 0 Å². The SMILES string of the molecule is O=C(N/N=C/C1NN(c2ccc(F)cc2)C2C(Cc3cccc4ccccc34)CCCC12)c1ccccc1. The van der Waals surface area contributed by atoms with E-state index in [2.05, 4.69) is 63.4 Å². The topological polar surface area (TPSA) is 56.7 Å². The number of benzene rings is 4. The number of hydrazone groups is 1. The largest absolute Gasteiger partial charge is 0.304 e. The molecule has 4 aromatic rings. The lowest BCUT2D eigenvalue weighted by Crippen LogP contribution is -2.45. The molecule has 2 aliphatic rings. The summed E-state index contributed by atoms with van der Waals surface area (Å²) in [6.45, 7) is 0. The van der Waals surface area contributed by atoms with E-state index in [-0.39, 0.29) is 23.8 Å². The summed E-state index contributed by atoms with van der Waals surface area (Å²) in [7, 11) is 0. The fraction of sp³-hybridized carbons (Fsp3) is 0.250. The van der Waals surface area contributed by atoms with Crippen LogP contribution in [0.3, 0.4) is 0 Å². The summed E-state index contributed by atoms with van der Waals surface area (Å²) < 4.78 is 13.8. The minimum atomic E-state index is -0.248. The van der Waals surface area contributed by atoms with Crippen LogP contribution in [0.2, 0.25) is 0 Å². The molecule has 1 amide bonds. The van der Waals surface area contributed by atoms with Gasteiger partial charge >= 0.3 is 0 Å². The molecule has 1 aliphatic heterocycles. The van der Waals surface area contributed by atoms with Crippen LogP contribution in [-0.4, -0.2) is 24.2 Å². The van der Waals surface area contributed by atoms with Crippen LogP contribution < -0.4 is 15.9 Å². The van der Waals surface area contributed by atoms with Gasteiger partial charge in [-0.2, -0.15) is 5.10 Å². The minimum absolute atomic E-state index is 0.0450. The maximum absolute atomic E-state index is 13.8. The lowest BCUT2D eigenvalue weighted by molar-refractivity contribution is 0.0955. The zero-order valence-corrected chi connectivity index (χ0v) is 21.1. The molecule has 1 saturated carbocycles. The monoisotopic (exact) mass is 506 g/mol. The smallest absolute Gasteiger partial charge is 0.271 e. The van der Waals surface area contributed by atoms with Gasteiger partial charge < -0.3 is 5.01 Å². The number of nitrogens with one attached hydrogen (secondary N) is 2. The van der Waals surface area contributed by atoms with Gasteiger partial charge in [0.25, 0.3) is 5.91 Å². The first-order chi connectivity index (χ1) is 18.7. The Morgan fingerprint density at radius 2 is 1.71 bits per heavy atom. The third kappa shape index (κ3) is 4.92. The summed E-state index contributed by atoms with van der Waals surface area (Å²) in [6, 6.07) is 31.1. The summed E-state index contributed by atoms with van der Waals surface area (Å²) >= 11 is 0. The van der Waals surface area contributed by atoms with E-state index in [1.807, 2.05) is 36.5 Å². The summed E-state index contributed by atoms with van der Waals surface area (Å²) in [5.74, 6) is 0.243. The first-order valence-corrected chi connectivity index (χ1v) is 13.3. The Morgan fingerprint density at radius 1 is 0.947 bits per heavy atom. The maximum Gasteiger partial charge on any atom is 0.271 e. The van der Waals surface area contributed by atoms with E-state index >= 15 is 0 Å². The Kier molecular flexibility index (Phi) is 6.88. The molecule has 4 unspecified atom stereocenters. The molecule has 6 rings (SSSR count). The number of rotatable bonds is 6. The predicted molar refractivity (Wildman–Crippen MR) is 150 cm³/mol. The highest BCUT2D eigenvalue weighted by molar-refractivity contribution is 5.94. The summed E-state index contributed by atoms with van der Waals surface area (Å²) in [5, 5.41) is 9.12. The molecule has 4 atom stereocenters. The first kappa shape index (κ1) is 24.3. The van der Waals surface area contributed by atoms with E-state index in [4.69, 9.17) is 0 Å². The molecule has 192 valence electrons. The molecule has 0 bridgehead atoms. The van der Waals surface area contributed by atoms with Gasteiger partial charge in [0.1, 0.15) is 5.82 Å². The van der Waals surface area contributed by atoms with Gasteiger partial charge in [-0.15, -0.1) is 0 Å². The molecule has 1 aliphatic carbocycles. The zero-order valence-electron chi connectivity index (χ0n) is 21.1. The van der Waals surface area contributed by atoms with Crippen LogP contribution in [0.1, 0.15) is 35.2 Å². The molecule has 2 N–H and O–H groups in total. The van der Waals surface area contributed by atoms with Crippen molar-refractivity contribution in [3.63, 3.8) is 0 Å². The van der Waals surface area contributed by atoms with Crippen LogP contribution in [0.5, 0.6) is 0 Å². The van der Waals surface area contributed by atoms with Crippen LogP contribution in [0, 0.1) is 17.7 Å². The molecule has 0 spiro atoms. The Balaban J connectivity index is 1.27. The molecule has 2 fully saturated rings. The van der Waals surface area contributed by atoms with Crippen molar-refractivity contribution in [1.29, 1.82) is 0 Å². The number of halogens is 1. The van der Waals surface area contributed by atoms with Crippen LogP contribution in [0.15, 0.2) is 102 Å². The number of carbonyl (C=O) groups is 1. The van der Waals surface area contributed by atoms with Crippen LogP contribution in [0.25, 0.3) is 10.8 Å². The van der Waals surface area contributed by atoms with E-state index in [9.17, 15) is 9.18 Å². The average molecular weight is 507 g/mol. The second kappa shape index (κ2) is 10.8. The third-order valence-electron chi connectivity index (χ3n) is 7.99. The van der Waals surface area contributed by atoms with Crippen molar-refractivity contribution in [1.82, 2.24) is 10.9 Å². The van der Waals surface area contributed by atoms with Crippen molar-refractivity contribution in [2.24, 2.45) is 16.9 Å². The normalized spacial score (nSPS) is 23.0. The van der Waals surface area contributed by atoms with Crippen LogP contribution >= 0.6 is 0 Å². The van der Waals surface area contributed by atoms with Crippen molar-refractivity contribution in [2.75, 3.05) is 5.01 Å².